The van der Waals surface area contributed by atoms with Crippen LogP contribution in [0.2, 0.25) is 0 Å². The number of nitrogens with zero attached hydrogens (tertiary/aromatic N) is 2. The summed E-state index contributed by atoms with van der Waals surface area (Å²) in [5.74, 6) is 1.13. The molecule has 1 saturated carbocycles. The van der Waals surface area contributed by atoms with Crippen LogP contribution in [0.15, 0.2) is 33.6 Å². The van der Waals surface area contributed by atoms with E-state index < -0.39 is 10.0 Å². The van der Waals surface area contributed by atoms with Crippen LogP contribution in [-0.4, -0.2) is 44.7 Å². The Labute approximate surface area is 142 Å². The first-order valence-electron chi connectivity index (χ1n) is 8.51. The van der Waals surface area contributed by atoms with Crippen LogP contribution in [0.5, 0.6) is 0 Å². The van der Waals surface area contributed by atoms with Crippen molar-refractivity contribution in [1.82, 2.24) is 10.2 Å². The topological polar surface area (TPSA) is 78.8 Å². The number of sulfonamides is 1. The first kappa shape index (κ1) is 15.6. The van der Waals surface area contributed by atoms with E-state index in [0.29, 0.717) is 23.9 Å². The van der Waals surface area contributed by atoms with Gasteiger partial charge in [0.15, 0.2) is 5.84 Å². The van der Waals surface area contributed by atoms with Gasteiger partial charge < -0.3 is 10.2 Å². The molecule has 6 nitrogen and oxygen atoms in total. The molecule has 128 valence electrons. The highest BCUT2D eigenvalue weighted by Crippen LogP contribution is 2.30. The summed E-state index contributed by atoms with van der Waals surface area (Å²) in [5, 5.41) is 3.04. The number of nitrogens with one attached hydrogen (secondary N) is 1. The largest absolute Gasteiger partial charge is 0.356 e. The Bertz CT molecular complexity index is 799. The molecule has 1 aliphatic carbocycles. The number of amides is 1. The molecule has 3 aliphatic rings. The van der Waals surface area contributed by atoms with E-state index in [2.05, 4.69) is 9.71 Å². The molecule has 1 saturated heterocycles. The zero-order chi connectivity index (χ0) is 16.7. The monoisotopic (exact) mass is 347 g/mol. The van der Waals surface area contributed by atoms with E-state index in [-0.39, 0.29) is 16.7 Å². The third-order valence-corrected chi connectivity index (χ3v) is 6.29. The van der Waals surface area contributed by atoms with Crippen molar-refractivity contribution < 1.29 is 13.2 Å². The maximum atomic E-state index is 12.4. The number of fused-ring (bicyclic) bond motifs is 1. The van der Waals surface area contributed by atoms with Crippen LogP contribution in [-0.2, 0) is 14.8 Å². The number of carbonyl (C=O) groups excluding carboxylic acids is 1. The second kappa shape index (κ2) is 5.88. The van der Waals surface area contributed by atoms with Gasteiger partial charge in [0.2, 0.25) is 5.91 Å². The molecular formula is C17H21N3O3S. The summed E-state index contributed by atoms with van der Waals surface area (Å²) >= 11 is 0. The smallest absolute Gasteiger partial charge is 0.285 e. The zero-order valence-electron chi connectivity index (χ0n) is 13.4. The standard InChI is InChI=1S/C17H21N3O3S/c21-17(18-10-12-7-8-12)13-4-3-9-20(11-13)16-14-5-1-2-6-15(14)24(22,23)19-16/h1-2,5-6,12-13H,3-4,7-11H2,(H,18,21). The first-order chi connectivity index (χ1) is 11.5. The first-order valence-corrected chi connectivity index (χ1v) is 9.95. The van der Waals surface area contributed by atoms with Crippen LogP contribution < -0.4 is 5.32 Å². The summed E-state index contributed by atoms with van der Waals surface area (Å²) < 4.78 is 28.4. The lowest BCUT2D eigenvalue weighted by Gasteiger charge is -2.33. The molecule has 1 atom stereocenters. The lowest BCUT2D eigenvalue weighted by Crippen LogP contribution is -2.45. The molecule has 1 amide bonds. The minimum absolute atomic E-state index is 0.0846. The molecule has 0 bridgehead atoms. The van der Waals surface area contributed by atoms with Crippen LogP contribution in [0, 0.1) is 11.8 Å². The van der Waals surface area contributed by atoms with Crippen molar-refractivity contribution in [2.24, 2.45) is 16.2 Å². The van der Waals surface area contributed by atoms with Crippen molar-refractivity contribution >= 4 is 21.8 Å². The third kappa shape index (κ3) is 2.92. The summed E-state index contributed by atoms with van der Waals surface area (Å²) in [6.45, 7) is 2.03. The molecule has 1 aromatic carbocycles. The van der Waals surface area contributed by atoms with Crippen LogP contribution in [0.4, 0.5) is 0 Å². The Hall–Kier alpha value is -1.89. The van der Waals surface area contributed by atoms with Gasteiger partial charge in [-0.3, -0.25) is 4.79 Å². The van der Waals surface area contributed by atoms with Crippen molar-refractivity contribution in [1.29, 1.82) is 0 Å². The van der Waals surface area contributed by atoms with Gasteiger partial charge in [0, 0.05) is 25.2 Å². The molecule has 0 spiro atoms. The summed E-state index contributed by atoms with van der Waals surface area (Å²) in [7, 11) is -3.61. The second-order valence-corrected chi connectivity index (χ2v) is 8.43. The maximum Gasteiger partial charge on any atom is 0.285 e. The van der Waals surface area contributed by atoms with Gasteiger partial charge in [-0.2, -0.15) is 8.42 Å². The molecule has 2 fully saturated rings. The zero-order valence-corrected chi connectivity index (χ0v) is 14.3. The van der Waals surface area contributed by atoms with Crippen LogP contribution in [0.3, 0.4) is 0 Å². The maximum absolute atomic E-state index is 12.4. The Morgan fingerprint density at radius 3 is 2.83 bits per heavy atom. The lowest BCUT2D eigenvalue weighted by atomic mass is 9.96. The number of piperidine rings is 1. The SMILES string of the molecule is O=C(NCC1CC1)C1CCCN(C2=NS(=O)(=O)c3ccccc32)C1. The molecule has 1 unspecified atom stereocenters. The fraction of sp³-hybridized carbons (Fsp3) is 0.529. The predicted molar refractivity (Wildman–Crippen MR) is 90.2 cm³/mol. The third-order valence-electron chi connectivity index (χ3n) is 4.97. The number of hydrogen-bond acceptors (Lipinski definition) is 4. The second-order valence-electron chi connectivity index (χ2n) is 6.86. The van der Waals surface area contributed by atoms with Crippen molar-refractivity contribution in [3.05, 3.63) is 29.8 Å². The highest BCUT2D eigenvalue weighted by atomic mass is 32.2. The molecule has 2 aliphatic heterocycles. The fourth-order valence-corrected chi connectivity index (χ4v) is 4.64. The highest BCUT2D eigenvalue weighted by molar-refractivity contribution is 7.90. The van der Waals surface area contributed by atoms with Crippen molar-refractivity contribution in [3.8, 4) is 0 Å². The summed E-state index contributed by atoms with van der Waals surface area (Å²) in [5.41, 5.74) is 0.650. The average Bonchev–Trinajstić information content (AvgIpc) is 3.38. The van der Waals surface area contributed by atoms with Gasteiger partial charge in [-0.15, -0.1) is 4.40 Å². The van der Waals surface area contributed by atoms with E-state index in [0.717, 1.165) is 25.9 Å². The minimum Gasteiger partial charge on any atom is -0.356 e. The highest BCUT2D eigenvalue weighted by Gasteiger charge is 2.35. The number of amidine groups is 1. The molecule has 1 aromatic rings. The Morgan fingerprint density at radius 1 is 1.25 bits per heavy atom. The fourth-order valence-electron chi connectivity index (χ4n) is 3.41. The Balaban J connectivity index is 1.51. The summed E-state index contributed by atoms with van der Waals surface area (Å²) in [6, 6.07) is 6.90. The van der Waals surface area contributed by atoms with Gasteiger partial charge in [0.1, 0.15) is 4.90 Å². The van der Waals surface area contributed by atoms with Crippen molar-refractivity contribution in [2.75, 3.05) is 19.6 Å². The molecule has 2 heterocycles. The molecule has 4 rings (SSSR count). The molecule has 0 aromatic heterocycles. The lowest BCUT2D eigenvalue weighted by molar-refractivity contribution is -0.126. The van der Waals surface area contributed by atoms with E-state index >= 15 is 0 Å². The van der Waals surface area contributed by atoms with E-state index in [1.807, 2.05) is 11.0 Å². The van der Waals surface area contributed by atoms with E-state index in [1.165, 1.54) is 12.8 Å². The molecule has 7 heteroatoms. The number of rotatable bonds is 3. The van der Waals surface area contributed by atoms with Gasteiger partial charge in [-0.05, 0) is 43.7 Å². The Morgan fingerprint density at radius 2 is 2.04 bits per heavy atom. The van der Waals surface area contributed by atoms with Gasteiger partial charge >= 0.3 is 0 Å². The summed E-state index contributed by atoms with van der Waals surface area (Å²) in [4.78, 5) is 14.6. The van der Waals surface area contributed by atoms with Crippen LogP contribution >= 0.6 is 0 Å². The van der Waals surface area contributed by atoms with E-state index in [1.54, 1.807) is 18.2 Å². The van der Waals surface area contributed by atoms with Crippen LogP contribution in [0.25, 0.3) is 0 Å². The number of hydrogen-bond donors (Lipinski definition) is 1. The van der Waals surface area contributed by atoms with Crippen molar-refractivity contribution in [3.63, 3.8) is 0 Å². The minimum atomic E-state index is -3.61. The van der Waals surface area contributed by atoms with Gasteiger partial charge in [-0.1, -0.05) is 12.1 Å². The average molecular weight is 347 g/mol. The molecular weight excluding hydrogens is 326 g/mol. The Kier molecular flexibility index (Phi) is 3.83. The van der Waals surface area contributed by atoms with Gasteiger partial charge in [0.05, 0.1) is 5.92 Å². The van der Waals surface area contributed by atoms with Crippen LogP contribution in [0.1, 0.15) is 31.2 Å². The predicted octanol–water partition coefficient (Wildman–Crippen LogP) is 1.37. The molecule has 1 N–H and O–H groups in total. The number of carbonyl (C=O) groups is 1. The summed E-state index contributed by atoms with van der Waals surface area (Å²) in [6.07, 6.45) is 4.13. The molecule has 0 radical (unpaired) electrons. The number of benzene rings is 1. The molecule has 24 heavy (non-hydrogen) atoms. The normalized spacial score (nSPS) is 25.1. The van der Waals surface area contributed by atoms with E-state index in [9.17, 15) is 13.2 Å². The van der Waals surface area contributed by atoms with Crippen molar-refractivity contribution in [2.45, 2.75) is 30.6 Å². The van der Waals surface area contributed by atoms with Gasteiger partial charge in [-0.25, -0.2) is 0 Å². The number of likely N-dealkylation sites (tertiary alicyclic amines) is 1. The van der Waals surface area contributed by atoms with Gasteiger partial charge in [0.25, 0.3) is 10.0 Å². The van der Waals surface area contributed by atoms with E-state index in [4.69, 9.17) is 0 Å². The quantitative estimate of drug-likeness (QED) is 0.896.